The van der Waals surface area contributed by atoms with Crippen LogP contribution in [0.4, 0.5) is 0 Å². The Balaban J connectivity index is 1.42. The van der Waals surface area contributed by atoms with E-state index in [0.29, 0.717) is 23.4 Å². The number of amides is 2. The first kappa shape index (κ1) is 14.5. The van der Waals surface area contributed by atoms with E-state index in [-0.39, 0.29) is 5.91 Å². The highest BCUT2D eigenvalue weighted by Gasteiger charge is 2.34. The summed E-state index contributed by atoms with van der Waals surface area (Å²) < 4.78 is 0. The molecule has 2 fully saturated rings. The zero-order valence-electron chi connectivity index (χ0n) is 12.0. The lowest BCUT2D eigenvalue weighted by molar-refractivity contribution is -0.133. The maximum atomic E-state index is 12.0. The molecule has 1 aliphatic carbocycles. The summed E-state index contributed by atoms with van der Waals surface area (Å²) in [5.74, 6) is 0.315. The van der Waals surface area contributed by atoms with Crippen molar-refractivity contribution in [2.45, 2.75) is 38.3 Å². The summed E-state index contributed by atoms with van der Waals surface area (Å²) in [5, 5.41) is 5.32. The van der Waals surface area contributed by atoms with Crippen LogP contribution in [0.3, 0.4) is 0 Å². The van der Waals surface area contributed by atoms with E-state index in [1.807, 2.05) is 11.0 Å². The third-order valence-corrected chi connectivity index (χ3v) is 5.17. The Bertz CT molecular complexity index is 531. The van der Waals surface area contributed by atoms with Crippen molar-refractivity contribution in [2.75, 3.05) is 13.1 Å². The molecule has 5 nitrogen and oxygen atoms in total. The second-order valence-corrected chi connectivity index (χ2v) is 6.92. The number of likely N-dealkylation sites (tertiary alicyclic amines) is 1. The van der Waals surface area contributed by atoms with Crippen molar-refractivity contribution >= 4 is 23.2 Å². The largest absolute Gasteiger partial charge is 0.366 e. The van der Waals surface area contributed by atoms with Gasteiger partial charge in [-0.2, -0.15) is 0 Å². The molecule has 114 valence electrons. The summed E-state index contributed by atoms with van der Waals surface area (Å²) >= 11 is 1.56. The van der Waals surface area contributed by atoms with Gasteiger partial charge in [-0.1, -0.05) is 0 Å². The van der Waals surface area contributed by atoms with Gasteiger partial charge in [-0.25, -0.2) is 0 Å². The molecule has 0 spiro atoms. The van der Waals surface area contributed by atoms with E-state index >= 15 is 0 Å². The van der Waals surface area contributed by atoms with E-state index in [9.17, 15) is 9.59 Å². The first-order valence-corrected chi connectivity index (χ1v) is 8.41. The molecule has 3 rings (SSSR count). The summed E-state index contributed by atoms with van der Waals surface area (Å²) in [4.78, 5) is 26.2. The molecule has 1 aromatic rings. The third kappa shape index (κ3) is 3.63. The number of thiophene rings is 1. The van der Waals surface area contributed by atoms with Gasteiger partial charge in [0, 0.05) is 41.9 Å². The molecule has 3 N–H and O–H groups in total. The number of piperidine rings is 1. The number of carbonyl (C=O) groups excluding carboxylic acids is 2. The highest BCUT2D eigenvalue weighted by Crippen LogP contribution is 2.31. The van der Waals surface area contributed by atoms with Crippen LogP contribution in [0.15, 0.2) is 11.4 Å². The Morgan fingerprint density at radius 2 is 2.00 bits per heavy atom. The molecule has 1 aromatic heterocycles. The molecule has 2 heterocycles. The van der Waals surface area contributed by atoms with Crippen LogP contribution in [-0.2, 0) is 11.3 Å². The molecule has 0 aromatic carbocycles. The van der Waals surface area contributed by atoms with Crippen LogP contribution in [0.1, 0.15) is 40.9 Å². The van der Waals surface area contributed by atoms with Gasteiger partial charge in [-0.3, -0.25) is 9.59 Å². The first-order valence-electron chi connectivity index (χ1n) is 7.53. The number of primary amides is 1. The lowest BCUT2D eigenvalue weighted by Gasteiger charge is -2.32. The lowest BCUT2D eigenvalue weighted by atomic mass is 10.0. The number of nitrogens with two attached hydrogens (primary N) is 1. The molecule has 1 saturated carbocycles. The van der Waals surface area contributed by atoms with Gasteiger partial charge in [0.1, 0.15) is 0 Å². The minimum Gasteiger partial charge on any atom is -0.366 e. The number of hydrogen-bond donors (Lipinski definition) is 2. The van der Waals surface area contributed by atoms with Crippen LogP contribution in [0, 0.1) is 5.92 Å². The van der Waals surface area contributed by atoms with Gasteiger partial charge >= 0.3 is 0 Å². The molecule has 2 amide bonds. The van der Waals surface area contributed by atoms with Crippen LogP contribution < -0.4 is 11.1 Å². The van der Waals surface area contributed by atoms with Gasteiger partial charge in [0.25, 0.3) is 0 Å². The van der Waals surface area contributed by atoms with Crippen LogP contribution in [0.25, 0.3) is 0 Å². The summed E-state index contributed by atoms with van der Waals surface area (Å²) in [5.41, 5.74) is 5.83. The topological polar surface area (TPSA) is 75.4 Å². The van der Waals surface area contributed by atoms with E-state index in [2.05, 4.69) is 5.32 Å². The Morgan fingerprint density at radius 3 is 2.57 bits per heavy atom. The maximum Gasteiger partial charge on any atom is 0.249 e. The second kappa shape index (κ2) is 6.15. The van der Waals surface area contributed by atoms with Crippen molar-refractivity contribution < 1.29 is 9.59 Å². The van der Waals surface area contributed by atoms with Gasteiger partial charge in [-0.15, -0.1) is 11.3 Å². The standard InChI is InChI=1S/C15H21N3O2S/c16-14(19)11-7-13(21-9-11)8-17-12-3-5-18(6-4-12)15(20)10-1-2-10/h7,9-10,12,17H,1-6,8H2,(H2,16,19). The molecule has 1 aliphatic heterocycles. The molecular weight excluding hydrogens is 286 g/mol. The number of rotatable bonds is 5. The summed E-state index contributed by atoms with van der Waals surface area (Å²) in [7, 11) is 0. The Labute approximate surface area is 128 Å². The van der Waals surface area contributed by atoms with Crippen molar-refractivity contribution in [1.29, 1.82) is 0 Å². The maximum absolute atomic E-state index is 12.0. The average molecular weight is 307 g/mol. The predicted octanol–water partition coefficient (Wildman–Crippen LogP) is 1.34. The number of hydrogen-bond acceptors (Lipinski definition) is 4. The summed E-state index contributed by atoms with van der Waals surface area (Å²) in [6.07, 6.45) is 4.17. The van der Waals surface area contributed by atoms with Gasteiger partial charge in [0.15, 0.2) is 0 Å². The fraction of sp³-hybridized carbons (Fsp3) is 0.600. The van der Waals surface area contributed by atoms with E-state index in [0.717, 1.165) is 50.2 Å². The Kier molecular flexibility index (Phi) is 4.26. The van der Waals surface area contributed by atoms with Gasteiger partial charge in [0.2, 0.25) is 11.8 Å². The SMILES string of the molecule is NC(=O)c1csc(CNC2CCN(C(=O)C3CC3)CC2)c1. The zero-order valence-corrected chi connectivity index (χ0v) is 12.8. The predicted molar refractivity (Wildman–Crippen MR) is 82.0 cm³/mol. The molecule has 21 heavy (non-hydrogen) atoms. The van der Waals surface area contributed by atoms with Gasteiger partial charge in [-0.05, 0) is 31.7 Å². The molecule has 6 heteroatoms. The van der Waals surface area contributed by atoms with E-state index in [4.69, 9.17) is 5.73 Å². The van der Waals surface area contributed by atoms with Crippen molar-refractivity contribution in [2.24, 2.45) is 11.7 Å². The van der Waals surface area contributed by atoms with Crippen molar-refractivity contribution in [3.8, 4) is 0 Å². The third-order valence-electron chi connectivity index (χ3n) is 4.24. The first-order chi connectivity index (χ1) is 10.1. The van der Waals surface area contributed by atoms with Crippen molar-refractivity contribution in [3.05, 3.63) is 21.9 Å². The van der Waals surface area contributed by atoms with Crippen LogP contribution >= 0.6 is 11.3 Å². The van der Waals surface area contributed by atoms with Crippen molar-refractivity contribution in [3.63, 3.8) is 0 Å². The van der Waals surface area contributed by atoms with Gasteiger partial charge < -0.3 is 16.0 Å². The second-order valence-electron chi connectivity index (χ2n) is 5.92. The molecule has 0 unspecified atom stereocenters. The summed E-state index contributed by atoms with van der Waals surface area (Å²) in [6, 6.07) is 2.30. The highest BCUT2D eigenvalue weighted by atomic mass is 32.1. The quantitative estimate of drug-likeness (QED) is 0.862. The average Bonchev–Trinajstić information content (AvgIpc) is 3.23. The van der Waals surface area contributed by atoms with E-state index < -0.39 is 0 Å². The zero-order chi connectivity index (χ0) is 14.8. The molecule has 2 aliphatic rings. The minimum atomic E-state index is -0.371. The monoisotopic (exact) mass is 307 g/mol. The molecule has 0 atom stereocenters. The summed E-state index contributed by atoms with van der Waals surface area (Å²) in [6.45, 7) is 2.49. The van der Waals surface area contributed by atoms with Crippen LogP contribution in [0.2, 0.25) is 0 Å². The fourth-order valence-electron chi connectivity index (χ4n) is 2.74. The van der Waals surface area contributed by atoms with Crippen LogP contribution in [-0.4, -0.2) is 35.8 Å². The Hall–Kier alpha value is -1.40. The fourth-order valence-corrected chi connectivity index (χ4v) is 3.56. The van der Waals surface area contributed by atoms with Gasteiger partial charge in [0.05, 0.1) is 5.56 Å². The molecular formula is C15H21N3O2S. The molecule has 0 radical (unpaired) electrons. The molecule has 1 saturated heterocycles. The number of nitrogens with one attached hydrogen (secondary N) is 1. The van der Waals surface area contributed by atoms with E-state index in [1.54, 1.807) is 16.7 Å². The highest BCUT2D eigenvalue weighted by molar-refractivity contribution is 7.10. The number of carbonyl (C=O) groups is 2. The Morgan fingerprint density at radius 1 is 1.29 bits per heavy atom. The van der Waals surface area contributed by atoms with Crippen LogP contribution in [0.5, 0.6) is 0 Å². The van der Waals surface area contributed by atoms with E-state index in [1.165, 1.54) is 0 Å². The number of nitrogens with zero attached hydrogens (tertiary/aromatic N) is 1. The normalized spacial score (nSPS) is 19.7. The van der Waals surface area contributed by atoms with Crippen molar-refractivity contribution in [1.82, 2.24) is 10.2 Å². The molecule has 0 bridgehead atoms. The smallest absolute Gasteiger partial charge is 0.249 e. The lowest BCUT2D eigenvalue weighted by Crippen LogP contribution is -2.45. The minimum absolute atomic E-state index is 0.327.